The minimum Gasteiger partial charge on any atom is -0.374 e. The summed E-state index contributed by atoms with van der Waals surface area (Å²) in [4.78, 5) is 0. The lowest BCUT2D eigenvalue weighted by Crippen LogP contribution is -2.45. The van der Waals surface area contributed by atoms with Gasteiger partial charge in [-0.25, -0.2) is 4.39 Å². The Morgan fingerprint density at radius 1 is 0.870 bits per heavy atom. The standard InChI is InChI=1S/C18H31FO3Si/c1-4-20-23(21-5-2,22-6-3)15-10-8-7-9-12-17-13-11-14-18(19)16-17/h11,13-14,16H,4-10,12,15H2,1-3H3. The molecule has 0 radical (unpaired) electrons. The molecule has 0 amide bonds. The molecule has 0 aliphatic carbocycles. The fraction of sp³-hybridized carbons (Fsp3) is 0.667. The van der Waals surface area contributed by atoms with Crippen LogP contribution < -0.4 is 0 Å². The van der Waals surface area contributed by atoms with Gasteiger partial charge in [0, 0.05) is 25.9 Å². The van der Waals surface area contributed by atoms with Crippen molar-refractivity contribution in [3.05, 3.63) is 35.6 Å². The minimum atomic E-state index is -2.48. The van der Waals surface area contributed by atoms with Gasteiger partial charge in [-0.2, -0.15) is 0 Å². The van der Waals surface area contributed by atoms with Gasteiger partial charge in [-0.1, -0.05) is 25.0 Å². The SMILES string of the molecule is CCO[Si](CCCCCCc1cccc(F)c1)(OCC)OCC. The molecule has 0 spiro atoms. The van der Waals surface area contributed by atoms with E-state index in [0.717, 1.165) is 43.7 Å². The highest BCUT2D eigenvalue weighted by Gasteiger charge is 2.39. The molecule has 0 heterocycles. The maximum atomic E-state index is 13.1. The fourth-order valence-corrected chi connectivity index (χ4v) is 5.40. The van der Waals surface area contributed by atoms with Crippen molar-refractivity contribution in [1.29, 1.82) is 0 Å². The number of hydrogen-bond acceptors (Lipinski definition) is 3. The molecule has 3 nitrogen and oxygen atoms in total. The molecule has 132 valence electrons. The fourth-order valence-electron chi connectivity index (χ4n) is 2.72. The summed E-state index contributed by atoms with van der Waals surface area (Å²) in [6, 6.07) is 7.75. The van der Waals surface area contributed by atoms with Crippen molar-refractivity contribution in [2.75, 3.05) is 19.8 Å². The summed E-state index contributed by atoms with van der Waals surface area (Å²) in [5.74, 6) is -0.150. The lowest BCUT2D eigenvalue weighted by atomic mass is 10.1. The Balaban J connectivity index is 2.27. The summed E-state index contributed by atoms with van der Waals surface area (Å²) in [5, 5.41) is 0. The highest BCUT2D eigenvalue weighted by atomic mass is 28.4. The van der Waals surface area contributed by atoms with E-state index in [-0.39, 0.29) is 5.82 Å². The molecule has 1 aromatic rings. The summed E-state index contributed by atoms with van der Waals surface area (Å²) < 4.78 is 30.7. The second-order valence-corrected chi connectivity index (χ2v) is 8.26. The van der Waals surface area contributed by atoms with E-state index < -0.39 is 8.80 Å². The molecule has 0 aliphatic heterocycles. The molecule has 0 atom stereocenters. The smallest absolute Gasteiger partial charge is 0.374 e. The van der Waals surface area contributed by atoms with Gasteiger partial charge in [0.1, 0.15) is 5.82 Å². The maximum absolute atomic E-state index is 13.1. The summed E-state index contributed by atoms with van der Waals surface area (Å²) in [7, 11) is -2.48. The van der Waals surface area contributed by atoms with Gasteiger partial charge in [0.25, 0.3) is 0 Å². The van der Waals surface area contributed by atoms with Crippen molar-refractivity contribution >= 4 is 8.80 Å². The first-order valence-electron chi connectivity index (χ1n) is 8.82. The van der Waals surface area contributed by atoms with Gasteiger partial charge in [-0.05, 0) is 57.7 Å². The van der Waals surface area contributed by atoms with Gasteiger partial charge in [0.2, 0.25) is 0 Å². The number of rotatable bonds is 13. The zero-order valence-corrected chi connectivity index (χ0v) is 15.8. The van der Waals surface area contributed by atoms with Gasteiger partial charge in [0.05, 0.1) is 0 Å². The zero-order chi connectivity index (χ0) is 17.0. The van der Waals surface area contributed by atoms with Crippen molar-refractivity contribution < 1.29 is 17.7 Å². The normalized spacial score (nSPS) is 11.8. The topological polar surface area (TPSA) is 27.7 Å². The van der Waals surface area contributed by atoms with Gasteiger partial charge in [-0.15, -0.1) is 0 Å². The van der Waals surface area contributed by atoms with Gasteiger partial charge < -0.3 is 13.3 Å². The zero-order valence-electron chi connectivity index (χ0n) is 14.8. The van der Waals surface area contributed by atoms with E-state index >= 15 is 0 Å². The molecular formula is C18H31FO3Si. The van der Waals surface area contributed by atoms with E-state index in [1.165, 1.54) is 6.07 Å². The van der Waals surface area contributed by atoms with Crippen molar-refractivity contribution in [1.82, 2.24) is 0 Å². The van der Waals surface area contributed by atoms with E-state index in [1.807, 2.05) is 26.8 Å². The molecule has 0 bridgehead atoms. The van der Waals surface area contributed by atoms with Gasteiger partial charge in [0.15, 0.2) is 0 Å². The number of benzene rings is 1. The lowest BCUT2D eigenvalue weighted by molar-refractivity contribution is 0.0706. The first-order valence-corrected chi connectivity index (χ1v) is 10.7. The molecular weight excluding hydrogens is 311 g/mol. The van der Waals surface area contributed by atoms with E-state index in [9.17, 15) is 4.39 Å². The number of hydrogen-bond donors (Lipinski definition) is 0. The molecule has 0 N–H and O–H groups in total. The van der Waals surface area contributed by atoms with E-state index in [4.69, 9.17) is 13.3 Å². The molecule has 0 aromatic heterocycles. The van der Waals surface area contributed by atoms with Crippen molar-refractivity contribution in [3.8, 4) is 0 Å². The van der Waals surface area contributed by atoms with Crippen LogP contribution in [0.15, 0.2) is 24.3 Å². The van der Waals surface area contributed by atoms with Gasteiger partial charge >= 0.3 is 8.80 Å². The first kappa shape index (κ1) is 20.3. The molecule has 1 aromatic carbocycles. The number of halogens is 1. The molecule has 23 heavy (non-hydrogen) atoms. The third kappa shape index (κ3) is 8.06. The second-order valence-electron chi connectivity index (χ2n) is 5.53. The van der Waals surface area contributed by atoms with Crippen LogP contribution in [-0.2, 0) is 19.7 Å². The van der Waals surface area contributed by atoms with Crippen LogP contribution in [0.1, 0.15) is 52.0 Å². The Morgan fingerprint density at radius 2 is 1.48 bits per heavy atom. The molecule has 0 unspecified atom stereocenters. The Bertz CT molecular complexity index is 411. The molecule has 0 fully saturated rings. The highest BCUT2D eigenvalue weighted by molar-refractivity contribution is 6.60. The van der Waals surface area contributed by atoms with Crippen LogP contribution in [0.25, 0.3) is 0 Å². The van der Waals surface area contributed by atoms with E-state index in [0.29, 0.717) is 19.8 Å². The third-order valence-corrected chi connectivity index (χ3v) is 6.83. The second kappa shape index (κ2) is 11.7. The van der Waals surface area contributed by atoms with Crippen LogP contribution in [-0.4, -0.2) is 28.6 Å². The lowest BCUT2D eigenvalue weighted by Gasteiger charge is -2.28. The van der Waals surface area contributed by atoms with Crippen molar-refractivity contribution in [3.63, 3.8) is 0 Å². The average molecular weight is 343 g/mol. The van der Waals surface area contributed by atoms with Crippen molar-refractivity contribution in [2.45, 2.75) is 58.9 Å². The summed E-state index contributed by atoms with van der Waals surface area (Å²) in [6.45, 7) is 7.85. The number of unbranched alkanes of at least 4 members (excludes halogenated alkanes) is 3. The largest absolute Gasteiger partial charge is 0.500 e. The van der Waals surface area contributed by atoms with Crippen LogP contribution in [0.2, 0.25) is 6.04 Å². The Morgan fingerprint density at radius 3 is 2.04 bits per heavy atom. The van der Waals surface area contributed by atoms with Crippen LogP contribution in [0, 0.1) is 5.82 Å². The molecule has 0 aliphatic rings. The van der Waals surface area contributed by atoms with Crippen LogP contribution in [0.4, 0.5) is 4.39 Å². The predicted molar refractivity (Wildman–Crippen MR) is 94.0 cm³/mol. The number of aryl methyl sites for hydroxylation is 1. The van der Waals surface area contributed by atoms with E-state index in [1.54, 1.807) is 12.1 Å². The maximum Gasteiger partial charge on any atom is 0.500 e. The molecule has 5 heteroatoms. The Kier molecular flexibility index (Phi) is 10.4. The van der Waals surface area contributed by atoms with E-state index in [2.05, 4.69) is 0 Å². The predicted octanol–water partition coefficient (Wildman–Crippen LogP) is 4.98. The van der Waals surface area contributed by atoms with Crippen LogP contribution in [0.3, 0.4) is 0 Å². The van der Waals surface area contributed by atoms with Crippen molar-refractivity contribution in [2.24, 2.45) is 0 Å². The quantitative estimate of drug-likeness (QED) is 0.374. The van der Waals surface area contributed by atoms with Crippen LogP contribution in [0.5, 0.6) is 0 Å². The Hall–Kier alpha value is -0.753. The molecule has 0 saturated heterocycles. The highest BCUT2D eigenvalue weighted by Crippen LogP contribution is 2.20. The van der Waals surface area contributed by atoms with Crippen LogP contribution >= 0.6 is 0 Å². The van der Waals surface area contributed by atoms with Gasteiger partial charge in [-0.3, -0.25) is 0 Å². The summed E-state index contributed by atoms with van der Waals surface area (Å²) >= 11 is 0. The minimum absolute atomic E-state index is 0.150. The average Bonchev–Trinajstić information content (AvgIpc) is 2.52. The molecule has 1 rings (SSSR count). The first-order chi connectivity index (χ1) is 11.2. The summed E-state index contributed by atoms with van der Waals surface area (Å²) in [5.41, 5.74) is 1.08. The Labute approximate surface area is 141 Å². The molecule has 0 saturated carbocycles. The summed E-state index contributed by atoms with van der Waals surface area (Å²) in [6.07, 6.45) is 5.32. The third-order valence-electron chi connectivity index (χ3n) is 3.68. The monoisotopic (exact) mass is 342 g/mol.